The second-order valence-electron chi connectivity index (χ2n) is 7.01. The molecule has 0 bridgehead atoms. The highest BCUT2D eigenvalue weighted by atomic mass is 35.5. The molecule has 2 N–H and O–H groups in total. The molecule has 1 aliphatic heterocycles. The van der Waals surface area contributed by atoms with E-state index >= 15 is 0 Å². The first kappa shape index (κ1) is 20.3. The van der Waals surface area contributed by atoms with Gasteiger partial charge in [0.15, 0.2) is 5.82 Å². The minimum atomic E-state index is -0.362. The molecule has 2 amide bonds. The van der Waals surface area contributed by atoms with Gasteiger partial charge in [0.1, 0.15) is 18.9 Å². The number of halogens is 1. The first-order valence-electron chi connectivity index (χ1n) is 9.22. The predicted octanol–water partition coefficient (Wildman–Crippen LogP) is 2.00. The molecule has 1 aliphatic rings. The molecule has 8 nitrogen and oxygen atoms in total. The summed E-state index contributed by atoms with van der Waals surface area (Å²) in [7, 11) is 1.81. The molecule has 1 fully saturated rings. The summed E-state index contributed by atoms with van der Waals surface area (Å²) >= 11 is 6.07. The number of aromatic nitrogens is 3. The number of carbonyl (C=O) groups is 2. The van der Waals surface area contributed by atoms with Gasteiger partial charge < -0.3 is 19.9 Å². The van der Waals surface area contributed by atoms with Crippen molar-refractivity contribution in [3.05, 3.63) is 40.4 Å². The van der Waals surface area contributed by atoms with Crippen LogP contribution in [0.1, 0.15) is 42.4 Å². The van der Waals surface area contributed by atoms with Crippen molar-refractivity contribution in [2.24, 2.45) is 7.05 Å². The van der Waals surface area contributed by atoms with Crippen LogP contribution in [-0.2, 0) is 23.2 Å². The number of hydrogen-bond acceptors (Lipinski definition) is 5. The van der Waals surface area contributed by atoms with Gasteiger partial charge in [-0.2, -0.15) is 0 Å². The molecule has 1 aromatic heterocycles. The second-order valence-corrected chi connectivity index (χ2v) is 7.42. The minimum absolute atomic E-state index is 0.0359. The summed E-state index contributed by atoms with van der Waals surface area (Å²) in [6, 6.07) is 5.26. The maximum Gasteiger partial charge on any atom is 0.233 e. The van der Waals surface area contributed by atoms with Crippen molar-refractivity contribution in [1.82, 2.24) is 19.7 Å². The zero-order valence-electron chi connectivity index (χ0n) is 16.0. The number of likely N-dealkylation sites (tertiary alicyclic amines) is 1. The zero-order chi connectivity index (χ0) is 20.3. The summed E-state index contributed by atoms with van der Waals surface area (Å²) in [5.74, 6) is 0.703. The number of aliphatic hydroxyl groups excluding tert-OH is 1. The second kappa shape index (κ2) is 8.70. The van der Waals surface area contributed by atoms with E-state index in [-0.39, 0.29) is 30.8 Å². The van der Waals surface area contributed by atoms with Gasteiger partial charge in [-0.1, -0.05) is 17.7 Å². The van der Waals surface area contributed by atoms with Crippen molar-refractivity contribution in [2.75, 3.05) is 18.4 Å². The lowest BCUT2D eigenvalue weighted by Crippen LogP contribution is -2.41. The molecule has 3 rings (SSSR count). The molecule has 1 aromatic carbocycles. The van der Waals surface area contributed by atoms with Gasteiger partial charge >= 0.3 is 0 Å². The van der Waals surface area contributed by atoms with Crippen molar-refractivity contribution < 1.29 is 14.7 Å². The summed E-state index contributed by atoms with van der Waals surface area (Å²) < 4.78 is 1.77. The van der Waals surface area contributed by atoms with Gasteiger partial charge in [0.25, 0.3) is 0 Å². The van der Waals surface area contributed by atoms with Crippen molar-refractivity contribution in [2.45, 2.75) is 38.7 Å². The summed E-state index contributed by atoms with van der Waals surface area (Å²) in [5.41, 5.74) is 1.38. The maximum atomic E-state index is 12.6. The molecule has 0 saturated carbocycles. The van der Waals surface area contributed by atoms with Crippen LogP contribution in [0.15, 0.2) is 18.2 Å². The Balaban J connectivity index is 1.61. The number of anilines is 1. The number of aliphatic hydroxyl groups is 1. The molecule has 1 atom stereocenters. The van der Waals surface area contributed by atoms with E-state index in [4.69, 9.17) is 11.6 Å². The van der Waals surface area contributed by atoms with Crippen LogP contribution in [0.2, 0.25) is 5.02 Å². The largest absolute Gasteiger partial charge is 0.388 e. The number of amides is 2. The molecule has 150 valence electrons. The summed E-state index contributed by atoms with van der Waals surface area (Å²) in [5, 5.41) is 20.7. The summed E-state index contributed by atoms with van der Waals surface area (Å²) in [4.78, 5) is 26.7. The quantitative estimate of drug-likeness (QED) is 0.741. The van der Waals surface area contributed by atoms with Crippen LogP contribution < -0.4 is 5.32 Å². The highest BCUT2D eigenvalue weighted by Gasteiger charge is 2.29. The molecule has 2 heterocycles. The van der Waals surface area contributed by atoms with Gasteiger partial charge in [0.2, 0.25) is 11.8 Å². The molecule has 28 heavy (non-hydrogen) atoms. The molecule has 2 aromatic rings. The average Bonchev–Trinajstić information content (AvgIpc) is 3.06. The van der Waals surface area contributed by atoms with Crippen molar-refractivity contribution in [3.8, 4) is 0 Å². The Bertz CT molecular complexity index is 882. The monoisotopic (exact) mass is 405 g/mol. The smallest absolute Gasteiger partial charge is 0.233 e. The standard InChI is InChI=1S/C19H24ClN5O3/c1-12-14(20)6-3-7-15(12)21-17(27)9-18(28)25-8-4-5-13(10-25)19-23-22-16(11-26)24(19)2/h3,6-7,13,26H,4-5,8-11H2,1-2H3,(H,21,27). The number of nitrogens with one attached hydrogen (secondary N) is 1. The molecule has 9 heteroatoms. The van der Waals surface area contributed by atoms with Crippen LogP contribution in [0.3, 0.4) is 0 Å². The number of rotatable bonds is 5. The molecule has 0 spiro atoms. The van der Waals surface area contributed by atoms with Gasteiger partial charge in [0, 0.05) is 36.8 Å². The third-order valence-corrected chi connectivity index (χ3v) is 5.54. The molecular weight excluding hydrogens is 382 g/mol. The Kier molecular flexibility index (Phi) is 6.31. The molecule has 0 radical (unpaired) electrons. The summed E-state index contributed by atoms with van der Waals surface area (Å²) in [6.07, 6.45) is 1.49. The van der Waals surface area contributed by atoms with Gasteiger partial charge in [-0.15, -0.1) is 10.2 Å². The molecule has 1 saturated heterocycles. The van der Waals surface area contributed by atoms with E-state index in [2.05, 4.69) is 15.5 Å². The highest BCUT2D eigenvalue weighted by molar-refractivity contribution is 6.31. The first-order valence-corrected chi connectivity index (χ1v) is 9.60. The maximum absolute atomic E-state index is 12.6. The normalized spacial score (nSPS) is 16.9. The average molecular weight is 406 g/mol. The van der Waals surface area contributed by atoms with Gasteiger partial charge in [0.05, 0.1) is 0 Å². The van der Waals surface area contributed by atoms with Gasteiger partial charge in [-0.25, -0.2) is 0 Å². The number of carbonyl (C=O) groups excluding carboxylic acids is 2. The van der Waals surface area contributed by atoms with E-state index in [1.54, 1.807) is 27.7 Å². The number of benzene rings is 1. The Morgan fingerprint density at radius 2 is 2.14 bits per heavy atom. The van der Waals surface area contributed by atoms with E-state index in [1.165, 1.54) is 0 Å². The lowest BCUT2D eigenvalue weighted by atomic mass is 9.97. The van der Waals surface area contributed by atoms with Crippen molar-refractivity contribution in [1.29, 1.82) is 0 Å². The van der Waals surface area contributed by atoms with Crippen LogP contribution in [0, 0.1) is 6.92 Å². The van der Waals surface area contributed by atoms with E-state index in [0.29, 0.717) is 29.6 Å². The molecule has 0 aliphatic carbocycles. The fraction of sp³-hybridized carbons (Fsp3) is 0.474. The Morgan fingerprint density at radius 3 is 2.86 bits per heavy atom. The van der Waals surface area contributed by atoms with Gasteiger partial charge in [-0.3, -0.25) is 9.59 Å². The van der Waals surface area contributed by atoms with Crippen LogP contribution >= 0.6 is 11.6 Å². The Labute approximate surface area is 168 Å². The fourth-order valence-corrected chi connectivity index (χ4v) is 3.64. The SMILES string of the molecule is Cc1c(Cl)cccc1NC(=O)CC(=O)N1CCCC(c2nnc(CO)n2C)C1. The molecule has 1 unspecified atom stereocenters. The topological polar surface area (TPSA) is 100 Å². The molecular formula is C19H24ClN5O3. The highest BCUT2D eigenvalue weighted by Crippen LogP contribution is 2.26. The Hall–Kier alpha value is -2.45. The number of nitrogens with zero attached hydrogens (tertiary/aromatic N) is 4. The minimum Gasteiger partial charge on any atom is -0.388 e. The van der Waals surface area contributed by atoms with Crippen LogP contribution in [0.25, 0.3) is 0 Å². The Morgan fingerprint density at radius 1 is 1.36 bits per heavy atom. The van der Waals surface area contributed by atoms with E-state index in [0.717, 1.165) is 24.2 Å². The van der Waals surface area contributed by atoms with Crippen LogP contribution in [0.5, 0.6) is 0 Å². The third-order valence-electron chi connectivity index (χ3n) is 5.13. The number of hydrogen-bond donors (Lipinski definition) is 2. The first-order chi connectivity index (χ1) is 13.4. The third kappa shape index (κ3) is 4.34. The predicted molar refractivity (Wildman–Crippen MR) is 105 cm³/mol. The van der Waals surface area contributed by atoms with E-state index < -0.39 is 0 Å². The lowest BCUT2D eigenvalue weighted by Gasteiger charge is -2.32. The van der Waals surface area contributed by atoms with Crippen molar-refractivity contribution >= 4 is 29.1 Å². The lowest BCUT2D eigenvalue weighted by molar-refractivity contribution is -0.135. The van der Waals surface area contributed by atoms with Crippen LogP contribution in [-0.4, -0.2) is 49.7 Å². The fourth-order valence-electron chi connectivity index (χ4n) is 3.47. The zero-order valence-corrected chi connectivity index (χ0v) is 16.7. The van der Waals surface area contributed by atoms with E-state index in [1.807, 2.05) is 14.0 Å². The van der Waals surface area contributed by atoms with Crippen LogP contribution in [0.4, 0.5) is 5.69 Å². The van der Waals surface area contributed by atoms with E-state index in [9.17, 15) is 14.7 Å². The van der Waals surface area contributed by atoms with Gasteiger partial charge in [-0.05, 0) is 37.5 Å². The summed E-state index contributed by atoms with van der Waals surface area (Å²) in [6.45, 7) is 2.74. The number of piperidine rings is 1. The van der Waals surface area contributed by atoms with Crippen molar-refractivity contribution in [3.63, 3.8) is 0 Å².